The van der Waals surface area contributed by atoms with Crippen LogP contribution in [0.3, 0.4) is 0 Å². The molecule has 3 heterocycles. The van der Waals surface area contributed by atoms with Gasteiger partial charge in [0.15, 0.2) is 0 Å². The van der Waals surface area contributed by atoms with Gasteiger partial charge in [0.1, 0.15) is 29.1 Å². The third-order valence-electron chi connectivity index (χ3n) is 4.33. The van der Waals surface area contributed by atoms with E-state index in [2.05, 4.69) is 56.7 Å². The summed E-state index contributed by atoms with van der Waals surface area (Å²) in [5.41, 5.74) is 3.51. The molecule has 0 radical (unpaired) electrons. The van der Waals surface area contributed by atoms with Crippen LogP contribution in [0.2, 0.25) is 0 Å². The predicted octanol–water partition coefficient (Wildman–Crippen LogP) is 4.39. The lowest BCUT2D eigenvalue weighted by Gasteiger charge is -2.11. The number of thiophene rings is 1. The summed E-state index contributed by atoms with van der Waals surface area (Å²) < 4.78 is 1.75. The van der Waals surface area contributed by atoms with E-state index in [0.717, 1.165) is 28.6 Å². The molecule has 0 aliphatic carbocycles. The first-order valence-corrected chi connectivity index (χ1v) is 9.90. The van der Waals surface area contributed by atoms with Crippen LogP contribution in [0.15, 0.2) is 42.3 Å². The quantitative estimate of drug-likeness (QED) is 0.539. The van der Waals surface area contributed by atoms with Gasteiger partial charge in [-0.15, -0.1) is 11.3 Å². The maximum atomic E-state index is 4.68. The Labute approximate surface area is 162 Å². The lowest BCUT2D eigenvalue weighted by atomic mass is 10.0. The van der Waals surface area contributed by atoms with Crippen molar-refractivity contribution in [2.75, 3.05) is 5.32 Å². The highest BCUT2D eigenvalue weighted by molar-refractivity contribution is 7.17. The van der Waals surface area contributed by atoms with Crippen molar-refractivity contribution in [1.82, 2.24) is 24.7 Å². The minimum atomic E-state index is 0.598. The number of nitrogens with one attached hydrogen (secondary N) is 1. The molecule has 0 spiro atoms. The summed E-state index contributed by atoms with van der Waals surface area (Å²) in [6.45, 7) is 7.13. The van der Waals surface area contributed by atoms with Gasteiger partial charge in [0.2, 0.25) is 0 Å². The number of rotatable bonds is 6. The smallest absolute Gasteiger partial charge is 0.139 e. The van der Waals surface area contributed by atoms with Gasteiger partial charge in [-0.2, -0.15) is 5.10 Å². The van der Waals surface area contributed by atoms with Crippen molar-refractivity contribution in [2.24, 2.45) is 5.92 Å². The lowest BCUT2D eigenvalue weighted by molar-refractivity contribution is 0.651. The molecule has 4 rings (SSSR count). The van der Waals surface area contributed by atoms with Gasteiger partial charge in [0.05, 0.1) is 11.1 Å². The fraction of sp³-hybridized carbons (Fsp3) is 0.300. The fourth-order valence-corrected chi connectivity index (χ4v) is 4.12. The van der Waals surface area contributed by atoms with Crippen molar-refractivity contribution in [3.63, 3.8) is 0 Å². The van der Waals surface area contributed by atoms with Crippen LogP contribution in [0.1, 0.15) is 30.8 Å². The number of hydrogen-bond donors (Lipinski definition) is 1. The maximum absolute atomic E-state index is 4.68. The number of hydrogen-bond acceptors (Lipinski definition) is 6. The third kappa shape index (κ3) is 3.83. The Balaban J connectivity index is 1.57. The van der Waals surface area contributed by atoms with E-state index in [1.54, 1.807) is 22.3 Å². The molecule has 0 aliphatic heterocycles. The second kappa shape index (κ2) is 7.44. The zero-order valence-corrected chi connectivity index (χ0v) is 16.5. The van der Waals surface area contributed by atoms with E-state index >= 15 is 0 Å². The molecule has 4 aromatic rings. The van der Waals surface area contributed by atoms with Crippen molar-refractivity contribution in [1.29, 1.82) is 0 Å². The Morgan fingerprint density at radius 1 is 1.15 bits per heavy atom. The van der Waals surface area contributed by atoms with Crippen molar-refractivity contribution in [3.05, 3.63) is 59.3 Å². The molecular weight excluding hydrogens is 356 g/mol. The molecule has 27 heavy (non-hydrogen) atoms. The molecule has 0 saturated carbocycles. The summed E-state index contributed by atoms with van der Waals surface area (Å²) in [4.78, 5) is 14.3. The lowest BCUT2D eigenvalue weighted by Crippen LogP contribution is -2.05. The van der Waals surface area contributed by atoms with Crippen LogP contribution >= 0.6 is 11.3 Å². The topological polar surface area (TPSA) is 68.5 Å². The summed E-state index contributed by atoms with van der Waals surface area (Å²) in [6.07, 6.45) is 4.27. The van der Waals surface area contributed by atoms with Crippen LogP contribution in [-0.4, -0.2) is 24.7 Å². The zero-order valence-electron chi connectivity index (χ0n) is 15.7. The summed E-state index contributed by atoms with van der Waals surface area (Å²) in [5, 5.41) is 11.1. The van der Waals surface area contributed by atoms with E-state index in [4.69, 9.17) is 0 Å². The minimum Gasteiger partial charge on any atom is -0.365 e. The molecule has 7 heteroatoms. The number of benzene rings is 1. The van der Waals surface area contributed by atoms with E-state index in [1.807, 2.05) is 19.1 Å². The third-order valence-corrected chi connectivity index (χ3v) is 5.25. The molecule has 0 fully saturated rings. The van der Waals surface area contributed by atoms with Crippen molar-refractivity contribution < 1.29 is 0 Å². The molecule has 0 aliphatic rings. The van der Waals surface area contributed by atoms with E-state index < -0.39 is 0 Å². The highest BCUT2D eigenvalue weighted by Gasteiger charge is 2.14. The number of anilines is 1. The summed E-state index contributed by atoms with van der Waals surface area (Å²) >= 11 is 1.70. The number of aromatic nitrogens is 5. The first-order chi connectivity index (χ1) is 13.1. The van der Waals surface area contributed by atoms with Crippen LogP contribution in [0, 0.1) is 12.8 Å². The predicted molar refractivity (Wildman–Crippen MR) is 109 cm³/mol. The van der Waals surface area contributed by atoms with Crippen LogP contribution in [0.5, 0.6) is 0 Å². The number of fused-ring (bicyclic) bond motifs is 1. The molecule has 138 valence electrons. The maximum Gasteiger partial charge on any atom is 0.139 e. The molecular formula is C20H22N6S. The van der Waals surface area contributed by atoms with Gasteiger partial charge in [-0.05, 0) is 47.9 Å². The molecule has 0 bridgehead atoms. The normalized spacial score (nSPS) is 11.4. The van der Waals surface area contributed by atoms with E-state index in [1.165, 1.54) is 22.8 Å². The summed E-state index contributed by atoms with van der Waals surface area (Å²) in [6, 6.07) is 8.28. The molecule has 0 atom stereocenters. The molecule has 6 nitrogen and oxygen atoms in total. The van der Waals surface area contributed by atoms with Gasteiger partial charge in [-0.25, -0.2) is 19.6 Å². The minimum absolute atomic E-state index is 0.598. The van der Waals surface area contributed by atoms with Crippen LogP contribution in [-0.2, 0) is 13.0 Å². The fourth-order valence-electron chi connectivity index (χ4n) is 3.12. The van der Waals surface area contributed by atoms with E-state index in [9.17, 15) is 0 Å². The number of aryl methyl sites for hydroxylation is 1. The standard InChI is InChI=1S/C20H22N6S/c1-13(2)8-16-10-27-20-18(16)19(24-14(3)25-20)22-9-15-4-6-17(7-5-15)26-12-21-11-23-26/h4-7,10-13H,8-9H2,1-3H3,(H,22,24,25). The van der Waals surface area contributed by atoms with Crippen molar-refractivity contribution >= 4 is 27.4 Å². The molecule has 0 unspecified atom stereocenters. The second-order valence-electron chi connectivity index (χ2n) is 7.02. The Morgan fingerprint density at radius 2 is 1.96 bits per heavy atom. The van der Waals surface area contributed by atoms with Crippen LogP contribution in [0.25, 0.3) is 15.9 Å². The van der Waals surface area contributed by atoms with Gasteiger partial charge in [0.25, 0.3) is 0 Å². The van der Waals surface area contributed by atoms with Gasteiger partial charge in [-0.1, -0.05) is 26.0 Å². The van der Waals surface area contributed by atoms with Gasteiger partial charge in [0, 0.05) is 6.54 Å². The van der Waals surface area contributed by atoms with Crippen molar-refractivity contribution in [2.45, 2.75) is 33.7 Å². The summed E-state index contributed by atoms with van der Waals surface area (Å²) in [7, 11) is 0. The monoisotopic (exact) mass is 378 g/mol. The average molecular weight is 379 g/mol. The van der Waals surface area contributed by atoms with Crippen LogP contribution in [0.4, 0.5) is 5.82 Å². The molecule has 0 amide bonds. The Hall–Kier alpha value is -2.80. The van der Waals surface area contributed by atoms with Gasteiger partial charge in [-0.3, -0.25) is 0 Å². The Morgan fingerprint density at radius 3 is 2.67 bits per heavy atom. The zero-order chi connectivity index (χ0) is 18.8. The Bertz CT molecular complexity index is 1030. The molecule has 1 N–H and O–H groups in total. The molecule has 0 saturated heterocycles. The highest BCUT2D eigenvalue weighted by atomic mass is 32.1. The van der Waals surface area contributed by atoms with E-state index in [0.29, 0.717) is 12.5 Å². The SMILES string of the molecule is Cc1nc(NCc2ccc(-n3cncn3)cc2)c2c(CC(C)C)csc2n1. The van der Waals surface area contributed by atoms with Crippen LogP contribution < -0.4 is 5.32 Å². The number of nitrogens with zero attached hydrogens (tertiary/aromatic N) is 5. The first-order valence-electron chi connectivity index (χ1n) is 9.02. The Kier molecular flexibility index (Phi) is 4.85. The highest BCUT2D eigenvalue weighted by Crippen LogP contribution is 2.31. The van der Waals surface area contributed by atoms with Gasteiger partial charge < -0.3 is 5.32 Å². The average Bonchev–Trinajstić information content (AvgIpc) is 3.30. The van der Waals surface area contributed by atoms with Gasteiger partial charge >= 0.3 is 0 Å². The second-order valence-corrected chi connectivity index (χ2v) is 7.88. The first kappa shape index (κ1) is 17.6. The van der Waals surface area contributed by atoms with Crippen molar-refractivity contribution in [3.8, 4) is 5.69 Å². The van der Waals surface area contributed by atoms with E-state index in [-0.39, 0.29) is 0 Å². The largest absolute Gasteiger partial charge is 0.365 e. The molecule has 3 aromatic heterocycles. The molecule has 1 aromatic carbocycles. The summed E-state index contributed by atoms with van der Waals surface area (Å²) in [5.74, 6) is 2.32.